The molecule has 0 fully saturated rings. The standard InChI is InChI=1S/C14H19ClN2O3/c1-14(2,9-15)13(19)17-10-3-5-11(6-4-10)20-8-7-12(16)18/h3-6H,7-9H2,1-2H3,(H2,16,18)(H,17,19). The number of ether oxygens (including phenoxy) is 1. The molecule has 1 aromatic rings. The Morgan fingerprint density at radius 3 is 2.40 bits per heavy atom. The highest BCUT2D eigenvalue weighted by molar-refractivity contribution is 6.20. The summed E-state index contributed by atoms with van der Waals surface area (Å²) in [4.78, 5) is 22.5. The van der Waals surface area contributed by atoms with Crippen molar-refractivity contribution in [1.82, 2.24) is 0 Å². The number of amides is 2. The van der Waals surface area contributed by atoms with Crippen LogP contribution < -0.4 is 15.8 Å². The number of halogens is 1. The molecule has 0 atom stereocenters. The van der Waals surface area contributed by atoms with Gasteiger partial charge in [0.2, 0.25) is 11.8 Å². The third kappa shape index (κ3) is 5.09. The highest BCUT2D eigenvalue weighted by atomic mass is 35.5. The van der Waals surface area contributed by atoms with E-state index in [1.807, 2.05) is 0 Å². The van der Waals surface area contributed by atoms with Gasteiger partial charge in [-0.15, -0.1) is 11.6 Å². The summed E-state index contributed by atoms with van der Waals surface area (Å²) in [6.07, 6.45) is 0.169. The molecule has 0 aliphatic heterocycles. The number of carbonyl (C=O) groups is 2. The minimum absolute atomic E-state index is 0.144. The Morgan fingerprint density at radius 1 is 1.30 bits per heavy atom. The van der Waals surface area contributed by atoms with Crippen molar-refractivity contribution in [2.75, 3.05) is 17.8 Å². The van der Waals surface area contributed by atoms with Crippen LogP contribution in [-0.4, -0.2) is 24.3 Å². The van der Waals surface area contributed by atoms with Crippen LogP contribution in [0.1, 0.15) is 20.3 Å². The fraction of sp³-hybridized carbons (Fsp3) is 0.429. The number of rotatable bonds is 7. The van der Waals surface area contributed by atoms with Crippen LogP contribution in [0.2, 0.25) is 0 Å². The van der Waals surface area contributed by atoms with E-state index in [1.165, 1.54) is 0 Å². The minimum atomic E-state index is -0.627. The first-order valence-electron chi connectivity index (χ1n) is 6.24. The van der Waals surface area contributed by atoms with E-state index in [9.17, 15) is 9.59 Å². The smallest absolute Gasteiger partial charge is 0.231 e. The first-order chi connectivity index (χ1) is 9.35. The number of benzene rings is 1. The van der Waals surface area contributed by atoms with Gasteiger partial charge in [0.1, 0.15) is 5.75 Å². The van der Waals surface area contributed by atoms with Crippen LogP contribution in [-0.2, 0) is 9.59 Å². The predicted octanol–water partition coefficient (Wildman–Crippen LogP) is 2.14. The molecule has 0 unspecified atom stereocenters. The highest BCUT2D eigenvalue weighted by Gasteiger charge is 2.26. The number of carbonyl (C=O) groups excluding carboxylic acids is 2. The molecule has 3 N–H and O–H groups in total. The molecule has 0 bridgehead atoms. The molecule has 0 heterocycles. The van der Waals surface area contributed by atoms with Crippen molar-refractivity contribution in [3.63, 3.8) is 0 Å². The van der Waals surface area contributed by atoms with Crippen molar-refractivity contribution in [1.29, 1.82) is 0 Å². The molecule has 0 aromatic heterocycles. The molecule has 6 heteroatoms. The van der Waals surface area contributed by atoms with Crippen molar-refractivity contribution in [2.45, 2.75) is 20.3 Å². The second-order valence-electron chi connectivity index (χ2n) is 5.06. The Bertz CT molecular complexity index is 472. The zero-order valence-electron chi connectivity index (χ0n) is 11.6. The van der Waals surface area contributed by atoms with Gasteiger partial charge in [0.05, 0.1) is 18.4 Å². The molecule has 110 valence electrons. The second-order valence-corrected chi connectivity index (χ2v) is 5.33. The normalized spacial score (nSPS) is 10.9. The topological polar surface area (TPSA) is 81.4 Å². The van der Waals surface area contributed by atoms with Gasteiger partial charge in [0, 0.05) is 11.6 Å². The molecule has 0 aliphatic carbocycles. The van der Waals surface area contributed by atoms with Crippen LogP contribution >= 0.6 is 11.6 Å². The summed E-state index contributed by atoms with van der Waals surface area (Å²) in [7, 11) is 0. The first-order valence-corrected chi connectivity index (χ1v) is 6.77. The quantitative estimate of drug-likeness (QED) is 0.757. The molecule has 1 rings (SSSR count). The van der Waals surface area contributed by atoms with Gasteiger partial charge >= 0.3 is 0 Å². The molecule has 0 aliphatic rings. The Labute approximate surface area is 123 Å². The number of nitrogens with two attached hydrogens (primary N) is 1. The summed E-state index contributed by atoms with van der Waals surface area (Å²) < 4.78 is 5.33. The predicted molar refractivity (Wildman–Crippen MR) is 78.9 cm³/mol. The van der Waals surface area contributed by atoms with E-state index >= 15 is 0 Å². The summed E-state index contributed by atoms with van der Waals surface area (Å²) in [6.45, 7) is 3.79. The van der Waals surface area contributed by atoms with Crippen LogP contribution in [0.25, 0.3) is 0 Å². The Balaban J connectivity index is 2.54. The van der Waals surface area contributed by atoms with E-state index in [0.29, 0.717) is 11.4 Å². The monoisotopic (exact) mass is 298 g/mol. The third-order valence-corrected chi connectivity index (χ3v) is 3.35. The van der Waals surface area contributed by atoms with E-state index in [2.05, 4.69) is 5.32 Å². The molecular weight excluding hydrogens is 280 g/mol. The molecule has 0 spiro atoms. The van der Waals surface area contributed by atoms with Crippen LogP contribution in [0.15, 0.2) is 24.3 Å². The number of hydrogen-bond acceptors (Lipinski definition) is 3. The number of nitrogens with one attached hydrogen (secondary N) is 1. The van der Waals surface area contributed by atoms with Gasteiger partial charge in [-0.25, -0.2) is 0 Å². The van der Waals surface area contributed by atoms with E-state index in [1.54, 1.807) is 38.1 Å². The number of alkyl halides is 1. The van der Waals surface area contributed by atoms with E-state index < -0.39 is 11.3 Å². The number of anilines is 1. The number of hydrogen-bond donors (Lipinski definition) is 2. The molecule has 2 amide bonds. The Morgan fingerprint density at radius 2 is 1.90 bits per heavy atom. The molecule has 0 saturated heterocycles. The lowest BCUT2D eigenvalue weighted by Crippen LogP contribution is -2.32. The Kier molecular flexibility index (Phi) is 5.82. The van der Waals surface area contributed by atoms with Crippen molar-refractivity contribution in [3.05, 3.63) is 24.3 Å². The zero-order valence-corrected chi connectivity index (χ0v) is 12.4. The minimum Gasteiger partial charge on any atom is -0.493 e. The summed E-state index contributed by atoms with van der Waals surface area (Å²) in [5.74, 6) is 0.306. The maximum absolute atomic E-state index is 11.9. The molecule has 1 aromatic carbocycles. The maximum Gasteiger partial charge on any atom is 0.231 e. The van der Waals surface area contributed by atoms with Gasteiger partial charge in [0.15, 0.2) is 0 Å². The molecular formula is C14H19ClN2O3. The maximum atomic E-state index is 11.9. The van der Waals surface area contributed by atoms with E-state index in [-0.39, 0.29) is 24.8 Å². The Hall–Kier alpha value is -1.75. The molecule has 0 radical (unpaired) electrons. The van der Waals surface area contributed by atoms with Crippen molar-refractivity contribution >= 4 is 29.1 Å². The molecule has 20 heavy (non-hydrogen) atoms. The van der Waals surface area contributed by atoms with Crippen LogP contribution in [0, 0.1) is 5.41 Å². The average molecular weight is 299 g/mol. The second kappa shape index (κ2) is 7.14. The zero-order chi connectivity index (χ0) is 15.2. The van der Waals surface area contributed by atoms with Gasteiger partial charge in [-0.1, -0.05) is 0 Å². The lowest BCUT2D eigenvalue weighted by atomic mass is 9.95. The van der Waals surface area contributed by atoms with Gasteiger partial charge < -0.3 is 15.8 Å². The fourth-order valence-electron chi connectivity index (χ4n) is 1.26. The van der Waals surface area contributed by atoms with Gasteiger partial charge in [-0.2, -0.15) is 0 Å². The summed E-state index contributed by atoms with van der Waals surface area (Å²) in [5.41, 5.74) is 5.05. The largest absolute Gasteiger partial charge is 0.493 e. The van der Waals surface area contributed by atoms with Gasteiger partial charge in [-0.3, -0.25) is 9.59 Å². The lowest BCUT2D eigenvalue weighted by molar-refractivity contribution is -0.123. The van der Waals surface area contributed by atoms with E-state index in [0.717, 1.165) is 0 Å². The van der Waals surface area contributed by atoms with Gasteiger partial charge in [-0.05, 0) is 38.1 Å². The van der Waals surface area contributed by atoms with Crippen LogP contribution in [0.3, 0.4) is 0 Å². The average Bonchev–Trinajstić information content (AvgIpc) is 2.40. The van der Waals surface area contributed by atoms with Crippen LogP contribution in [0.5, 0.6) is 5.75 Å². The van der Waals surface area contributed by atoms with E-state index in [4.69, 9.17) is 22.1 Å². The lowest BCUT2D eigenvalue weighted by Gasteiger charge is -2.20. The summed E-state index contributed by atoms with van der Waals surface area (Å²) >= 11 is 5.74. The van der Waals surface area contributed by atoms with Crippen molar-refractivity contribution < 1.29 is 14.3 Å². The SMILES string of the molecule is CC(C)(CCl)C(=O)Nc1ccc(OCCC(N)=O)cc1. The fourth-order valence-corrected chi connectivity index (χ4v) is 1.39. The molecule has 5 nitrogen and oxygen atoms in total. The van der Waals surface area contributed by atoms with Crippen LogP contribution in [0.4, 0.5) is 5.69 Å². The summed E-state index contributed by atoms with van der Waals surface area (Å²) in [6, 6.07) is 6.87. The third-order valence-electron chi connectivity index (χ3n) is 2.68. The van der Waals surface area contributed by atoms with Crippen molar-refractivity contribution in [2.24, 2.45) is 11.1 Å². The molecule has 0 saturated carbocycles. The van der Waals surface area contributed by atoms with Gasteiger partial charge in [0.25, 0.3) is 0 Å². The first kappa shape index (κ1) is 16.3. The number of primary amides is 1. The summed E-state index contributed by atoms with van der Waals surface area (Å²) in [5, 5.41) is 2.78. The van der Waals surface area contributed by atoms with Crippen molar-refractivity contribution in [3.8, 4) is 5.75 Å². The highest BCUT2D eigenvalue weighted by Crippen LogP contribution is 2.21.